The first kappa shape index (κ1) is 10.3. The Hall–Kier alpha value is -1.20. The molecule has 78 valence electrons. The van der Waals surface area contributed by atoms with Gasteiger partial charge in [0.2, 0.25) is 0 Å². The van der Waals surface area contributed by atoms with E-state index in [9.17, 15) is 0 Å². The number of nitrogens with one attached hydrogen (secondary N) is 1. The largest absolute Gasteiger partial charge is 0.398 e. The van der Waals surface area contributed by atoms with Gasteiger partial charge in [-0.1, -0.05) is 23.4 Å². The van der Waals surface area contributed by atoms with E-state index in [2.05, 4.69) is 15.2 Å². The predicted molar refractivity (Wildman–Crippen MR) is 61.1 cm³/mol. The van der Waals surface area contributed by atoms with E-state index in [1.807, 2.05) is 19.1 Å². The molecule has 2 rings (SSSR count). The fourth-order valence-corrected chi connectivity index (χ4v) is 2.17. The summed E-state index contributed by atoms with van der Waals surface area (Å²) >= 11 is 7.42. The number of aryl methyl sites for hydroxylation is 1. The van der Waals surface area contributed by atoms with Crippen LogP contribution in [0.1, 0.15) is 5.56 Å². The van der Waals surface area contributed by atoms with Gasteiger partial charge >= 0.3 is 0 Å². The third kappa shape index (κ3) is 2.24. The van der Waals surface area contributed by atoms with Crippen LogP contribution in [0.5, 0.6) is 0 Å². The zero-order chi connectivity index (χ0) is 10.8. The number of anilines is 1. The molecule has 0 saturated heterocycles. The van der Waals surface area contributed by atoms with Gasteiger partial charge in [-0.2, -0.15) is 5.10 Å². The number of H-pyrrole nitrogens is 1. The molecule has 0 spiro atoms. The van der Waals surface area contributed by atoms with Crippen LogP contribution in [-0.4, -0.2) is 15.2 Å². The van der Waals surface area contributed by atoms with Crippen LogP contribution in [0.2, 0.25) is 5.02 Å². The molecule has 0 fully saturated rings. The number of benzene rings is 1. The van der Waals surface area contributed by atoms with Crippen molar-refractivity contribution in [3.05, 3.63) is 29.0 Å². The zero-order valence-electron chi connectivity index (χ0n) is 7.99. The Labute approximate surface area is 96.2 Å². The first-order valence-corrected chi connectivity index (χ1v) is 5.45. The van der Waals surface area contributed by atoms with Crippen molar-refractivity contribution in [1.29, 1.82) is 0 Å². The molecule has 15 heavy (non-hydrogen) atoms. The van der Waals surface area contributed by atoms with E-state index in [0.29, 0.717) is 10.7 Å². The van der Waals surface area contributed by atoms with Crippen LogP contribution >= 0.6 is 23.4 Å². The third-order valence-corrected chi connectivity index (χ3v) is 3.27. The number of aromatic amines is 1. The first-order chi connectivity index (χ1) is 7.16. The topological polar surface area (TPSA) is 67.6 Å². The zero-order valence-corrected chi connectivity index (χ0v) is 9.56. The van der Waals surface area contributed by atoms with Gasteiger partial charge in [0.15, 0.2) is 5.16 Å². The monoisotopic (exact) mass is 240 g/mol. The highest BCUT2D eigenvalue weighted by Gasteiger charge is 2.06. The number of rotatable bonds is 2. The molecule has 0 atom stereocenters. The van der Waals surface area contributed by atoms with Crippen molar-refractivity contribution in [3.8, 4) is 0 Å². The van der Waals surface area contributed by atoms with E-state index >= 15 is 0 Å². The fourth-order valence-electron chi connectivity index (χ4n) is 1.14. The number of hydrogen-bond donors (Lipinski definition) is 2. The maximum atomic E-state index is 5.94. The smallest absolute Gasteiger partial charge is 0.188 e. The quantitative estimate of drug-likeness (QED) is 0.792. The van der Waals surface area contributed by atoms with Crippen molar-refractivity contribution in [1.82, 2.24) is 15.2 Å². The minimum absolute atomic E-state index is 0.558. The molecule has 1 aromatic carbocycles. The lowest BCUT2D eigenvalue weighted by atomic mass is 10.2. The summed E-state index contributed by atoms with van der Waals surface area (Å²) < 4.78 is 0. The standard InChI is InChI=1S/C9H9ClN4S/c1-5-2-7(11)6(10)3-8(5)15-9-12-4-13-14-9/h2-4H,11H2,1H3,(H,12,13,14). The molecule has 3 N–H and O–H groups in total. The summed E-state index contributed by atoms with van der Waals surface area (Å²) in [5.74, 6) is 0. The Kier molecular flexibility index (Phi) is 2.83. The SMILES string of the molecule is Cc1cc(N)c(Cl)cc1Sc1ncn[nH]1. The highest BCUT2D eigenvalue weighted by Crippen LogP contribution is 2.32. The molecule has 1 heterocycles. The van der Waals surface area contributed by atoms with E-state index in [-0.39, 0.29) is 0 Å². The molecule has 0 aliphatic heterocycles. The van der Waals surface area contributed by atoms with Crippen molar-refractivity contribution < 1.29 is 0 Å². The summed E-state index contributed by atoms with van der Waals surface area (Å²) in [5, 5.41) is 7.84. The molecule has 1 aromatic heterocycles. The Morgan fingerprint density at radius 1 is 1.47 bits per heavy atom. The van der Waals surface area contributed by atoms with Crippen LogP contribution in [0.25, 0.3) is 0 Å². The Morgan fingerprint density at radius 2 is 2.27 bits per heavy atom. The Morgan fingerprint density at radius 3 is 2.93 bits per heavy atom. The van der Waals surface area contributed by atoms with E-state index in [4.69, 9.17) is 17.3 Å². The lowest BCUT2D eigenvalue weighted by Crippen LogP contribution is -1.89. The van der Waals surface area contributed by atoms with Gasteiger partial charge in [-0.25, -0.2) is 4.98 Å². The van der Waals surface area contributed by atoms with Crippen molar-refractivity contribution in [2.24, 2.45) is 0 Å². The molecular weight excluding hydrogens is 232 g/mol. The van der Waals surface area contributed by atoms with E-state index in [1.54, 1.807) is 0 Å². The van der Waals surface area contributed by atoms with Crippen molar-refractivity contribution in [2.45, 2.75) is 17.0 Å². The molecule has 0 radical (unpaired) electrons. The number of nitrogens with zero attached hydrogens (tertiary/aromatic N) is 2. The molecule has 4 nitrogen and oxygen atoms in total. The summed E-state index contributed by atoms with van der Waals surface area (Å²) in [6, 6.07) is 3.68. The summed E-state index contributed by atoms with van der Waals surface area (Å²) in [6.45, 7) is 1.98. The molecule has 6 heteroatoms. The Bertz CT molecular complexity index is 469. The van der Waals surface area contributed by atoms with Crippen LogP contribution < -0.4 is 5.73 Å². The van der Waals surface area contributed by atoms with E-state index in [1.165, 1.54) is 18.1 Å². The van der Waals surface area contributed by atoms with Crippen molar-refractivity contribution in [3.63, 3.8) is 0 Å². The maximum Gasteiger partial charge on any atom is 0.188 e. The predicted octanol–water partition coefficient (Wildman–Crippen LogP) is 2.50. The number of halogens is 1. The fraction of sp³-hybridized carbons (Fsp3) is 0.111. The second-order valence-corrected chi connectivity index (χ2v) is 4.47. The molecule has 0 aliphatic rings. The Balaban J connectivity index is 2.33. The van der Waals surface area contributed by atoms with Gasteiger partial charge in [-0.3, -0.25) is 5.10 Å². The summed E-state index contributed by atoms with van der Waals surface area (Å²) in [7, 11) is 0. The van der Waals surface area contributed by atoms with Crippen molar-refractivity contribution in [2.75, 3.05) is 5.73 Å². The van der Waals surface area contributed by atoms with Crippen LogP contribution in [-0.2, 0) is 0 Å². The molecule has 2 aromatic rings. The third-order valence-electron chi connectivity index (χ3n) is 1.89. The van der Waals surface area contributed by atoms with Gasteiger partial charge in [-0.05, 0) is 24.6 Å². The second kappa shape index (κ2) is 4.12. The van der Waals surface area contributed by atoms with E-state index in [0.717, 1.165) is 15.6 Å². The molecule has 0 amide bonds. The lowest BCUT2D eigenvalue weighted by molar-refractivity contribution is 0.972. The van der Waals surface area contributed by atoms with Crippen molar-refractivity contribution >= 4 is 29.1 Å². The first-order valence-electron chi connectivity index (χ1n) is 4.25. The van der Waals surface area contributed by atoms with Crippen LogP contribution in [0.15, 0.2) is 28.5 Å². The summed E-state index contributed by atoms with van der Waals surface area (Å²) in [5.41, 5.74) is 7.35. The molecule has 0 bridgehead atoms. The van der Waals surface area contributed by atoms with Gasteiger partial charge in [0.1, 0.15) is 6.33 Å². The van der Waals surface area contributed by atoms with Crippen LogP contribution in [0, 0.1) is 6.92 Å². The summed E-state index contributed by atoms with van der Waals surface area (Å²) in [4.78, 5) is 5.05. The minimum atomic E-state index is 0.558. The normalized spacial score (nSPS) is 10.5. The van der Waals surface area contributed by atoms with Gasteiger partial charge in [0.05, 0.1) is 10.7 Å². The highest BCUT2D eigenvalue weighted by atomic mass is 35.5. The average Bonchev–Trinajstić information content (AvgIpc) is 2.67. The average molecular weight is 241 g/mol. The van der Waals surface area contributed by atoms with Gasteiger partial charge < -0.3 is 5.73 Å². The number of hydrogen-bond acceptors (Lipinski definition) is 4. The van der Waals surface area contributed by atoms with Gasteiger partial charge in [0.25, 0.3) is 0 Å². The second-order valence-electron chi connectivity index (χ2n) is 3.03. The molecule has 0 saturated carbocycles. The number of nitrogen functional groups attached to an aromatic ring is 1. The number of aromatic nitrogens is 3. The lowest BCUT2D eigenvalue weighted by Gasteiger charge is -2.05. The number of nitrogens with two attached hydrogens (primary N) is 1. The maximum absolute atomic E-state index is 5.94. The highest BCUT2D eigenvalue weighted by molar-refractivity contribution is 7.99. The van der Waals surface area contributed by atoms with Crippen LogP contribution in [0.4, 0.5) is 5.69 Å². The minimum Gasteiger partial charge on any atom is -0.398 e. The van der Waals surface area contributed by atoms with Gasteiger partial charge in [0, 0.05) is 4.90 Å². The molecule has 0 unspecified atom stereocenters. The molecular formula is C9H9ClN4S. The molecule has 0 aliphatic carbocycles. The van der Waals surface area contributed by atoms with Gasteiger partial charge in [-0.15, -0.1) is 0 Å². The van der Waals surface area contributed by atoms with Crippen LogP contribution in [0.3, 0.4) is 0 Å². The van der Waals surface area contributed by atoms with E-state index < -0.39 is 0 Å². The summed E-state index contributed by atoms with van der Waals surface area (Å²) in [6.07, 6.45) is 1.47.